The van der Waals surface area contributed by atoms with Crippen molar-refractivity contribution >= 4 is 66.9 Å². The van der Waals surface area contributed by atoms with E-state index < -0.39 is 7.92 Å². The zero-order valence-corrected chi connectivity index (χ0v) is 22.9. The average molecular weight is 607 g/mol. The molecule has 0 atom stereocenters. The Morgan fingerprint density at radius 2 is 1.31 bits per heavy atom. The number of para-hydroxylation sites is 1. The van der Waals surface area contributed by atoms with Crippen LogP contribution in [0.15, 0.2) is 97.1 Å². The van der Waals surface area contributed by atoms with Crippen LogP contribution in [0.1, 0.15) is 27.0 Å². The van der Waals surface area contributed by atoms with Crippen molar-refractivity contribution < 1.29 is 4.79 Å². The van der Waals surface area contributed by atoms with Gasteiger partial charge in [0.05, 0.1) is 12.1 Å². The molecule has 0 unspecified atom stereocenters. The van der Waals surface area contributed by atoms with Crippen LogP contribution in [0.4, 0.5) is 0 Å². The van der Waals surface area contributed by atoms with Crippen molar-refractivity contribution in [3.8, 4) is 0 Å². The van der Waals surface area contributed by atoms with Crippen LogP contribution in [0.25, 0.3) is 11.0 Å². The van der Waals surface area contributed by atoms with Crippen molar-refractivity contribution in [1.82, 2.24) is 15.0 Å². The third-order valence-corrected chi connectivity index (χ3v) is 9.31. The Kier molecular flexibility index (Phi) is 7.52. The monoisotopic (exact) mass is 605 g/mol. The van der Waals surface area contributed by atoms with E-state index in [2.05, 4.69) is 78.6 Å². The maximum Gasteiger partial charge on any atom is 0.193 e. The van der Waals surface area contributed by atoms with Gasteiger partial charge in [-0.1, -0.05) is 122 Å². The lowest BCUT2D eigenvalue weighted by Gasteiger charge is -2.21. The molecule has 174 valence electrons. The molecule has 0 spiro atoms. The van der Waals surface area contributed by atoms with Crippen LogP contribution >= 0.6 is 39.8 Å². The smallest absolute Gasteiger partial charge is 0.193 e. The number of carbonyl (C=O) groups excluding carboxylic acids is 1. The van der Waals surface area contributed by atoms with Gasteiger partial charge in [-0.05, 0) is 39.4 Å². The minimum atomic E-state index is -1.21. The van der Waals surface area contributed by atoms with Gasteiger partial charge in [0, 0.05) is 24.1 Å². The summed E-state index contributed by atoms with van der Waals surface area (Å²) in [4.78, 5) is 14.3. The number of halogens is 2. The zero-order chi connectivity index (χ0) is 24.2. The Bertz CT molecular complexity index is 1410. The lowest BCUT2D eigenvalue weighted by atomic mass is 10.00. The van der Waals surface area contributed by atoms with Gasteiger partial charge in [0.25, 0.3) is 0 Å². The van der Waals surface area contributed by atoms with Crippen LogP contribution in [-0.2, 0) is 17.2 Å². The number of nitrogens with zero attached hydrogens (tertiary/aromatic N) is 3. The molecule has 0 radical (unpaired) electrons. The summed E-state index contributed by atoms with van der Waals surface area (Å²) in [5.74, 6) is 0. The van der Waals surface area contributed by atoms with E-state index in [1.165, 1.54) is 0 Å². The fourth-order valence-electron chi connectivity index (χ4n) is 4.27. The molecule has 35 heavy (non-hydrogen) atoms. The van der Waals surface area contributed by atoms with Gasteiger partial charge in [-0.15, -0.1) is 5.10 Å². The van der Waals surface area contributed by atoms with Crippen LogP contribution < -0.4 is 10.6 Å². The molecule has 0 aliphatic rings. The molecule has 5 aromatic rings. The second-order valence-corrected chi connectivity index (χ2v) is 11.3. The largest absolute Gasteiger partial charge is 0.288 e. The highest BCUT2D eigenvalue weighted by Crippen LogP contribution is 2.41. The maximum absolute atomic E-state index is 14.3. The normalized spacial score (nSPS) is 11.3. The average Bonchev–Trinajstić information content (AvgIpc) is 3.32. The summed E-state index contributed by atoms with van der Waals surface area (Å²) in [7, 11) is -1.21. The van der Waals surface area contributed by atoms with Crippen LogP contribution in [0, 0.1) is 0 Å². The number of rotatable bonds is 8. The third kappa shape index (κ3) is 5.02. The number of aromatic nitrogens is 3. The summed E-state index contributed by atoms with van der Waals surface area (Å²) < 4.78 is 1.91. The SMILES string of the molecule is O=C(c1c(CBr)cc(Cn2nnc3ccccc32)cc1CBr)P(c1ccccc1)c1ccccc1. The van der Waals surface area contributed by atoms with Gasteiger partial charge in [0.15, 0.2) is 5.52 Å². The zero-order valence-electron chi connectivity index (χ0n) is 18.8. The van der Waals surface area contributed by atoms with Gasteiger partial charge in [0.2, 0.25) is 0 Å². The van der Waals surface area contributed by atoms with Gasteiger partial charge in [0.1, 0.15) is 5.52 Å². The first-order valence-corrected chi connectivity index (χ1v) is 14.8. The molecule has 0 aliphatic heterocycles. The molecule has 1 aromatic heterocycles. The molecule has 4 nitrogen and oxygen atoms in total. The summed E-state index contributed by atoms with van der Waals surface area (Å²) in [5, 5.41) is 11.9. The second kappa shape index (κ2) is 10.9. The van der Waals surface area contributed by atoms with E-state index in [-0.39, 0.29) is 5.52 Å². The molecule has 1 heterocycles. The fraction of sp³-hybridized carbons (Fsp3) is 0.107. The van der Waals surface area contributed by atoms with Crippen molar-refractivity contribution in [1.29, 1.82) is 0 Å². The van der Waals surface area contributed by atoms with E-state index in [1.807, 2.05) is 65.3 Å². The lowest BCUT2D eigenvalue weighted by Crippen LogP contribution is -2.20. The van der Waals surface area contributed by atoms with Gasteiger partial charge in [-0.2, -0.15) is 0 Å². The molecule has 7 heteroatoms. The van der Waals surface area contributed by atoms with Crippen molar-refractivity contribution in [3.63, 3.8) is 0 Å². The van der Waals surface area contributed by atoms with E-state index in [9.17, 15) is 4.79 Å². The summed E-state index contributed by atoms with van der Waals surface area (Å²) in [6.45, 7) is 0.584. The Hall–Kier alpha value is -2.66. The molecule has 5 rings (SSSR count). The maximum atomic E-state index is 14.3. The van der Waals surface area contributed by atoms with Crippen LogP contribution in [0.2, 0.25) is 0 Å². The Morgan fingerprint density at radius 3 is 1.89 bits per heavy atom. The first-order chi connectivity index (χ1) is 17.2. The van der Waals surface area contributed by atoms with E-state index in [0.717, 1.165) is 43.9 Å². The molecule has 0 bridgehead atoms. The van der Waals surface area contributed by atoms with Gasteiger partial charge >= 0.3 is 0 Å². The van der Waals surface area contributed by atoms with Crippen molar-refractivity contribution in [2.45, 2.75) is 17.2 Å². The minimum absolute atomic E-state index is 0.166. The number of hydrogen-bond donors (Lipinski definition) is 0. The predicted octanol–water partition coefficient (Wildman–Crippen LogP) is 6.54. The number of alkyl halides is 2. The lowest BCUT2D eigenvalue weighted by molar-refractivity contribution is 0.108. The molecule has 0 saturated carbocycles. The Labute approximate surface area is 222 Å². The summed E-state index contributed by atoms with van der Waals surface area (Å²) in [5.41, 5.74) is 5.90. The topological polar surface area (TPSA) is 47.8 Å². The molecule has 0 amide bonds. The van der Waals surface area contributed by atoms with E-state index in [1.54, 1.807) is 0 Å². The van der Waals surface area contributed by atoms with Crippen LogP contribution in [0.5, 0.6) is 0 Å². The molecular weight excluding hydrogens is 585 g/mol. The van der Waals surface area contributed by atoms with E-state index >= 15 is 0 Å². The molecule has 0 aliphatic carbocycles. The first-order valence-electron chi connectivity index (χ1n) is 11.2. The predicted molar refractivity (Wildman–Crippen MR) is 152 cm³/mol. The summed E-state index contributed by atoms with van der Waals surface area (Å²) in [6.07, 6.45) is 0. The highest BCUT2D eigenvalue weighted by molar-refractivity contribution is 9.08. The molecular formula is C28H22Br2N3OP. The van der Waals surface area contributed by atoms with Crippen molar-refractivity contribution in [3.05, 3.63) is 119 Å². The quantitative estimate of drug-likeness (QED) is 0.149. The number of benzene rings is 4. The Balaban J connectivity index is 1.58. The van der Waals surface area contributed by atoms with Crippen molar-refractivity contribution in [2.75, 3.05) is 0 Å². The molecule has 0 fully saturated rings. The second-order valence-electron chi connectivity index (χ2n) is 8.10. The highest BCUT2D eigenvalue weighted by atomic mass is 79.9. The third-order valence-electron chi connectivity index (χ3n) is 5.85. The Morgan fingerprint density at radius 1 is 0.771 bits per heavy atom. The minimum Gasteiger partial charge on any atom is -0.288 e. The summed E-state index contributed by atoms with van der Waals surface area (Å²) in [6, 6.07) is 32.4. The van der Waals surface area contributed by atoms with Crippen molar-refractivity contribution in [2.24, 2.45) is 0 Å². The fourth-order valence-corrected chi connectivity index (χ4v) is 7.38. The first kappa shape index (κ1) is 24.1. The summed E-state index contributed by atoms with van der Waals surface area (Å²) >= 11 is 7.32. The highest BCUT2D eigenvalue weighted by Gasteiger charge is 2.28. The van der Waals surface area contributed by atoms with Gasteiger partial charge in [-0.3, -0.25) is 4.79 Å². The van der Waals surface area contributed by atoms with E-state index in [4.69, 9.17) is 0 Å². The number of carbonyl (C=O) groups is 1. The van der Waals surface area contributed by atoms with Gasteiger partial charge in [-0.25, -0.2) is 4.68 Å². The number of fused-ring (bicyclic) bond motifs is 1. The molecule has 0 N–H and O–H groups in total. The molecule has 0 saturated heterocycles. The number of hydrogen-bond acceptors (Lipinski definition) is 3. The van der Waals surface area contributed by atoms with Crippen LogP contribution in [0.3, 0.4) is 0 Å². The van der Waals surface area contributed by atoms with E-state index in [0.29, 0.717) is 17.2 Å². The molecule has 4 aromatic carbocycles. The van der Waals surface area contributed by atoms with Gasteiger partial charge < -0.3 is 0 Å². The standard InChI is InChI=1S/C28H22Br2N3OP/c29-17-21-15-20(19-33-26-14-8-7-13-25(26)31-32-33)16-22(18-30)27(21)28(34)35(23-9-3-1-4-10-23)24-11-5-2-6-12-24/h1-16H,17-19H2. The van der Waals surface area contributed by atoms with Crippen LogP contribution in [-0.4, -0.2) is 20.5 Å².